The summed E-state index contributed by atoms with van der Waals surface area (Å²) in [7, 11) is 0. The zero-order valence-corrected chi connectivity index (χ0v) is 7.99. The Bertz CT molecular complexity index is 363. The highest BCUT2D eigenvalue weighted by Crippen LogP contribution is 2.25. The van der Waals surface area contributed by atoms with Gasteiger partial charge in [0, 0.05) is 11.6 Å². The van der Waals surface area contributed by atoms with Gasteiger partial charge in [-0.25, -0.2) is 4.79 Å². The Labute approximate surface area is 87.1 Å². The molecule has 5 heteroatoms. The van der Waals surface area contributed by atoms with Crippen LogP contribution < -0.4 is 5.73 Å². The van der Waals surface area contributed by atoms with E-state index in [1.807, 2.05) is 0 Å². The second kappa shape index (κ2) is 5.14. The molecule has 0 saturated carbocycles. The van der Waals surface area contributed by atoms with Crippen LogP contribution in [0, 0.1) is 0 Å². The molecule has 0 atom stereocenters. The average molecular weight is 216 g/mol. The number of phenolic OH excluding ortho intramolecular Hbond substituents is 1. The van der Waals surface area contributed by atoms with Crippen molar-refractivity contribution in [3.05, 3.63) is 29.8 Å². The first-order chi connectivity index (χ1) is 6.11. The lowest BCUT2D eigenvalue weighted by Gasteiger charge is -2.00. The molecule has 0 aromatic heterocycles. The normalized spacial score (nSPS) is 9.71. The lowest BCUT2D eigenvalue weighted by atomic mass is 10.1. The lowest BCUT2D eigenvalue weighted by molar-refractivity contribution is -0.131. The van der Waals surface area contributed by atoms with Gasteiger partial charge in [-0.2, -0.15) is 0 Å². The third kappa shape index (κ3) is 2.99. The number of benzene rings is 1. The fourth-order valence-corrected chi connectivity index (χ4v) is 0.876. The van der Waals surface area contributed by atoms with Gasteiger partial charge in [0.15, 0.2) is 0 Å². The van der Waals surface area contributed by atoms with E-state index in [2.05, 4.69) is 0 Å². The maximum atomic E-state index is 10.2. The summed E-state index contributed by atoms with van der Waals surface area (Å²) in [5.74, 6) is -1.16. The molecule has 0 spiro atoms. The molecule has 0 radical (unpaired) electrons. The Morgan fingerprint density at radius 1 is 1.43 bits per heavy atom. The van der Waals surface area contributed by atoms with E-state index in [1.54, 1.807) is 12.1 Å². The molecule has 0 unspecified atom stereocenters. The van der Waals surface area contributed by atoms with Crippen molar-refractivity contribution in [3.63, 3.8) is 0 Å². The molecule has 0 aliphatic heterocycles. The highest BCUT2D eigenvalue weighted by Gasteiger charge is 2.00. The van der Waals surface area contributed by atoms with Crippen LogP contribution in [0.1, 0.15) is 5.56 Å². The van der Waals surface area contributed by atoms with Crippen LogP contribution in [0.15, 0.2) is 24.3 Å². The number of anilines is 1. The first-order valence-corrected chi connectivity index (χ1v) is 3.59. The molecule has 0 heterocycles. The van der Waals surface area contributed by atoms with Crippen LogP contribution >= 0.6 is 12.4 Å². The monoisotopic (exact) mass is 215 g/mol. The summed E-state index contributed by atoms with van der Waals surface area (Å²) in [4.78, 5) is 10.2. The van der Waals surface area contributed by atoms with E-state index in [-0.39, 0.29) is 23.8 Å². The molecule has 4 N–H and O–H groups in total. The predicted molar refractivity (Wildman–Crippen MR) is 56.4 cm³/mol. The molecule has 0 fully saturated rings. The molecular formula is C9H10ClNO3. The maximum absolute atomic E-state index is 10.2. The SMILES string of the molecule is Cl.Nc1cccc(/C=C/C(=O)O)c1O. The zero-order valence-electron chi connectivity index (χ0n) is 7.18. The standard InChI is InChI=1S/C9H9NO3.ClH/c10-7-3-1-2-6(9(7)13)4-5-8(11)12;/h1-5,13H,10H2,(H,11,12);1H/b5-4+;. The second-order valence-electron chi connectivity index (χ2n) is 2.46. The number of carboxylic acids is 1. The van der Waals surface area contributed by atoms with Gasteiger partial charge in [0.05, 0.1) is 5.69 Å². The van der Waals surface area contributed by atoms with Crippen molar-refractivity contribution >= 4 is 30.1 Å². The van der Waals surface area contributed by atoms with Gasteiger partial charge in [0.25, 0.3) is 0 Å². The Kier molecular flexibility index (Phi) is 4.52. The smallest absolute Gasteiger partial charge is 0.328 e. The van der Waals surface area contributed by atoms with Crippen LogP contribution in [0.3, 0.4) is 0 Å². The van der Waals surface area contributed by atoms with Gasteiger partial charge in [0.1, 0.15) is 5.75 Å². The molecular weight excluding hydrogens is 206 g/mol. The molecule has 0 bridgehead atoms. The number of carbonyl (C=O) groups is 1. The van der Waals surface area contributed by atoms with Crippen molar-refractivity contribution in [3.8, 4) is 5.75 Å². The van der Waals surface area contributed by atoms with Gasteiger partial charge in [-0.15, -0.1) is 12.4 Å². The third-order valence-corrected chi connectivity index (χ3v) is 1.50. The summed E-state index contributed by atoms with van der Waals surface area (Å²) < 4.78 is 0. The first kappa shape index (κ1) is 12.3. The fourth-order valence-electron chi connectivity index (χ4n) is 0.876. The van der Waals surface area contributed by atoms with Crippen LogP contribution in [-0.4, -0.2) is 16.2 Å². The first-order valence-electron chi connectivity index (χ1n) is 3.59. The van der Waals surface area contributed by atoms with Crippen LogP contribution in [0.2, 0.25) is 0 Å². The number of carboxylic acid groups (broad SMARTS) is 1. The van der Waals surface area contributed by atoms with E-state index >= 15 is 0 Å². The van der Waals surface area contributed by atoms with E-state index in [0.717, 1.165) is 6.08 Å². The van der Waals surface area contributed by atoms with E-state index < -0.39 is 5.97 Å². The number of hydrogen-bond donors (Lipinski definition) is 3. The summed E-state index contributed by atoms with van der Waals surface area (Å²) in [5, 5.41) is 17.7. The van der Waals surface area contributed by atoms with Crippen molar-refractivity contribution in [2.45, 2.75) is 0 Å². The Morgan fingerprint density at radius 3 is 2.64 bits per heavy atom. The summed E-state index contributed by atoms with van der Waals surface area (Å²) in [6, 6.07) is 4.75. The number of rotatable bonds is 2. The van der Waals surface area contributed by atoms with Gasteiger partial charge in [0.2, 0.25) is 0 Å². The fraction of sp³-hybridized carbons (Fsp3) is 0. The summed E-state index contributed by atoms with van der Waals surface area (Å²) in [6.07, 6.45) is 2.22. The summed E-state index contributed by atoms with van der Waals surface area (Å²) in [6.45, 7) is 0. The zero-order chi connectivity index (χ0) is 9.84. The average Bonchev–Trinajstić information content (AvgIpc) is 2.07. The molecule has 76 valence electrons. The molecule has 0 saturated heterocycles. The van der Waals surface area contributed by atoms with Crippen LogP contribution in [0.4, 0.5) is 5.69 Å². The maximum Gasteiger partial charge on any atom is 0.328 e. The number of aromatic hydroxyl groups is 1. The molecule has 4 nitrogen and oxygen atoms in total. The number of halogens is 1. The number of nitrogen functional groups attached to an aromatic ring is 1. The quantitative estimate of drug-likeness (QED) is 0.397. The van der Waals surface area contributed by atoms with E-state index in [0.29, 0.717) is 5.56 Å². The van der Waals surface area contributed by atoms with E-state index in [9.17, 15) is 9.90 Å². The van der Waals surface area contributed by atoms with Crippen molar-refractivity contribution in [1.82, 2.24) is 0 Å². The third-order valence-electron chi connectivity index (χ3n) is 1.50. The minimum atomic E-state index is -1.07. The minimum Gasteiger partial charge on any atom is -0.505 e. The van der Waals surface area contributed by atoms with Crippen LogP contribution in [0.25, 0.3) is 6.08 Å². The molecule has 0 aliphatic carbocycles. The van der Waals surface area contributed by atoms with E-state index in [1.165, 1.54) is 12.1 Å². The van der Waals surface area contributed by atoms with Crippen molar-refractivity contribution in [2.24, 2.45) is 0 Å². The van der Waals surface area contributed by atoms with Crippen molar-refractivity contribution < 1.29 is 15.0 Å². The van der Waals surface area contributed by atoms with Gasteiger partial charge in [-0.1, -0.05) is 12.1 Å². The Balaban J connectivity index is 0.00000169. The van der Waals surface area contributed by atoms with Crippen molar-refractivity contribution in [2.75, 3.05) is 5.73 Å². The molecule has 1 aromatic carbocycles. The highest BCUT2D eigenvalue weighted by atomic mass is 35.5. The van der Waals surface area contributed by atoms with Gasteiger partial charge >= 0.3 is 5.97 Å². The molecule has 1 rings (SSSR count). The van der Waals surface area contributed by atoms with E-state index in [4.69, 9.17) is 10.8 Å². The minimum absolute atomic E-state index is 0. The number of nitrogens with two attached hydrogens (primary N) is 1. The second-order valence-corrected chi connectivity index (χ2v) is 2.46. The number of hydrogen-bond acceptors (Lipinski definition) is 3. The van der Waals surface area contributed by atoms with Gasteiger partial charge in [-0.05, 0) is 12.1 Å². The highest BCUT2D eigenvalue weighted by molar-refractivity contribution is 5.86. The molecule has 0 aliphatic rings. The molecule has 1 aromatic rings. The summed E-state index contributed by atoms with van der Waals surface area (Å²) in [5.41, 5.74) is 6.02. The van der Waals surface area contributed by atoms with Crippen molar-refractivity contribution in [1.29, 1.82) is 0 Å². The molecule has 14 heavy (non-hydrogen) atoms. The summed E-state index contributed by atoms with van der Waals surface area (Å²) >= 11 is 0. The van der Waals surface area contributed by atoms with Crippen LogP contribution in [-0.2, 0) is 4.79 Å². The number of phenols is 1. The molecule has 0 amide bonds. The lowest BCUT2D eigenvalue weighted by Crippen LogP contribution is -1.88. The Hall–Kier alpha value is -1.68. The number of para-hydroxylation sites is 1. The van der Waals surface area contributed by atoms with Crippen LogP contribution in [0.5, 0.6) is 5.75 Å². The number of aliphatic carboxylic acids is 1. The predicted octanol–water partition coefficient (Wildman–Crippen LogP) is 1.49. The Morgan fingerprint density at radius 2 is 2.07 bits per heavy atom. The topological polar surface area (TPSA) is 83.6 Å². The van der Waals surface area contributed by atoms with Gasteiger partial charge < -0.3 is 15.9 Å². The largest absolute Gasteiger partial charge is 0.505 e. The van der Waals surface area contributed by atoms with Gasteiger partial charge in [-0.3, -0.25) is 0 Å².